The molecule has 3 atom stereocenters. The lowest BCUT2D eigenvalue weighted by Gasteiger charge is -2.26. The van der Waals surface area contributed by atoms with E-state index in [9.17, 15) is 24.3 Å². The fourth-order valence-electron chi connectivity index (χ4n) is 2.17. The Hall–Kier alpha value is -1.02. The second-order valence-corrected chi connectivity index (χ2v) is 7.44. The van der Waals surface area contributed by atoms with Crippen LogP contribution in [0.3, 0.4) is 0 Å². The Labute approximate surface area is 125 Å². The van der Waals surface area contributed by atoms with Crippen molar-refractivity contribution >= 4 is 45.6 Å². The second-order valence-electron chi connectivity index (χ2n) is 4.50. The number of rotatable bonds is 4. The van der Waals surface area contributed by atoms with E-state index in [0.29, 0.717) is 13.0 Å². The topological polar surface area (TPSA) is 91.8 Å². The van der Waals surface area contributed by atoms with Gasteiger partial charge >= 0.3 is 5.97 Å². The lowest BCUT2D eigenvalue weighted by atomic mass is 10.2. The molecule has 1 N–H and O–H groups in total. The minimum Gasteiger partial charge on any atom is -0.480 e. The summed E-state index contributed by atoms with van der Waals surface area (Å²) in [6.45, 7) is 4.62. The molecule has 0 bridgehead atoms. The zero-order valence-corrected chi connectivity index (χ0v) is 13.1. The van der Waals surface area contributed by atoms with Crippen LogP contribution in [0.4, 0.5) is 0 Å². The number of carboxylic acid groups (broad SMARTS) is 1. The minimum atomic E-state index is -1.12. The highest BCUT2D eigenvalue weighted by atomic mass is 32.2. The highest BCUT2D eigenvalue weighted by Crippen LogP contribution is 2.31. The normalized spacial score (nSPS) is 23.4. The number of hydrogen-bond donors (Lipinski definition) is 1. The smallest absolute Gasteiger partial charge is 0.327 e. The van der Waals surface area contributed by atoms with Gasteiger partial charge in [0.15, 0.2) is 10.2 Å². The van der Waals surface area contributed by atoms with E-state index in [0.717, 1.165) is 23.5 Å². The van der Waals surface area contributed by atoms with E-state index in [-0.39, 0.29) is 16.1 Å². The number of thioether (sulfide) groups is 2. The van der Waals surface area contributed by atoms with Gasteiger partial charge in [-0.05, 0) is 13.3 Å². The first kappa shape index (κ1) is 17.0. The number of likely N-dealkylation sites (tertiary alicyclic amines) is 1. The van der Waals surface area contributed by atoms with Crippen molar-refractivity contribution in [2.75, 3.05) is 6.54 Å². The fourth-order valence-corrected chi connectivity index (χ4v) is 3.95. The first-order valence-electron chi connectivity index (χ1n) is 6.11. The standard InChI is InChI=1S/C12H17NO5S2/c1-6(19-7(2)14)11(16)13-5-4-9(20-8(3)15)10(13)12(17)18/h6,9-10H,4-5H2,1-3H3,(H,17,18). The average Bonchev–Trinajstić information content (AvgIpc) is 2.69. The summed E-state index contributed by atoms with van der Waals surface area (Å²) in [5, 5.41) is 7.89. The van der Waals surface area contributed by atoms with E-state index in [4.69, 9.17) is 0 Å². The molecule has 0 radical (unpaired) electrons. The van der Waals surface area contributed by atoms with E-state index < -0.39 is 22.5 Å². The maximum atomic E-state index is 12.2. The molecule has 0 aliphatic carbocycles. The molecule has 1 fully saturated rings. The van der Waals surface area contributed by atoms with Crippen LogP contribution in [0.15, 0.2) is 0 Å². The summed E-state index contributed by atoms with van der Waals surface area (Å²) >= 11 is 1.84. The Balaban J connectivity index is 2.83. The minimum absolute atomic E-state index is 0.165. The van der Waals surface area contributed by atoms with Crippen LogP contribution in [-0.2, 0) is 19.2 Å². The summed E-state index contributed by atoms with van der Waals surface area (Å²) < 4.78 is 0. The molecule has 3 unspecified atom stereocenters. The number of carbonyl (C=O) groups excluding carboxylic acids is 3. The Bertz CT molecular complexity index is 440. The van der Waals surface area contributed by atoms with Crippen molar-refractivity contribution in [3.63, 3.8) is 0 Å². The molecule has 1 aliphatic heterocycles. The molecule has 1 amide bonds. The molecule has 1 aliphatic rings. The van der Waals surface area contributed by atoms with Gasteiger partial charge in [0, 0.05) is 25.6 Å². The molecule has 0 aromatic rings. The van der Waals surface area contributed by atoms with Crippen molar-refractivity contribution in [3.05, 3.63) is 0 Å². The lowest BCUT2D eigenvalue weighted by molar-refractivity contribution is -0.147. The van der Waals surface area contributed by atoms with Gasteiger partial charge in [0.1, 0.15) is 6.04 Å². The van der Waals surface area contributed by atoms with Crippen molar-refractivity contribution < 1.29 is 24.3 Å². The molecule has 20 heavy (non-hydrogen) atoms. The number of hydrogen-bond acceptors (Lipinski definition) is 6. The Morgan fingerprint density at radius 1 is 1.20 bits per heavy atom. The van der Waals surface area contributed by atoms with Gasteiger partial charge in [-0.2, -0.15) is 0 Å². The van der Waals surface area contributed by atoms with Crippen LogP contribution in [0, 0.1) is 0 Å². The van der Waals surface area contributed by atoms with Crippen molar-refractivity contribution in [3.8, 4) is 0 Å². The molecule has 0 spiro atoms. The van der Waals surface area contributed by atoms with Gasteiger partial charge in [0.05, 0.1) is 5.25 Å². The van der Waals surface area contributed by atoms with Gasteiger partial charge in [-0.1, -0.05) is 23.5 Å². The Morgan fingerprint density at radius 2 is 1.80 bits per heavy atom. The highest BCUT2D eigenvalue weighted by Gasteiger charge is 2.44. The monoisotopic (exact) mass is 319 g/mol. The quantitative estimate of drug-likeness (QED) is 0.826. The summed E-state index contributed by atoms with van der Waals surface area (Å²) in [6.07, 6.45) is 0.463. The van der Waals surface area contributed by atoms with Gasteiger partial charge in [0.25, 0.3) is 0 Å². The summed E-state index contributed by atoms with van der Waals surface area (Å²) in [6, 6.07) is -1.01. The second kappa shape index (κ2) is 7.12. The van der Waals surface area contributed by atoms with Crippen LogP contribution >= 0.6 is 23.5 Å². The van der Waals surface area contributed by atoms with Crippen molar-refractivity contribution in [2.24, 2.45) is 0 Å². The molecule has 112 valence electrons. The first-order chi connectivity index (χ1) is 9.23. The third kappa shape index (κ3) is 4.24. The van der Waals surface area contributed by atoms with E-state index in [1.165, 1.54) is 18.7 Å². The maximum Gasteiger partial charge on any atom is 0.327 e. The van der Waals surface area contributed by atoms with Gasteiger partial charge in [-0.25, -0.2) is 4.79 Å². The predicted molar refractivity (Wildman–Crippen MR) is 77.5 cm³/mol. The molecule has 0 aromatic heterocycles. The first-order valence-corrected chi connectivity index (χ1v) is 7.87. The fraction of sp³-hybridized carbons (Fsp3) is 0.667. The van der Waals surface area contributed by atoms with Gasteiger partial charge in [-0.3, -0.25) is 14.4 Å². The number of carboxylic acids is 1. The summed E-state index contributed by atoms with van der Waals surface area (Å²) in [4.78, 5) is 47.0. The zero-order valence-electron chi connectivity index (χ0n) is 11.5. The van der Waals surface area contributed by atoms with Crippen LogP contribution in [0.1, 0.15) is 27.2 Å². The van der Waals surface area contributed by atoms with Crippen LogP contribution in [0.2, 0.25) is 0 Å². The number of aliphatic carboxylic acids is 1. The van der Waals surface area contributed by atoms with Gasteiger partial charge in [-0.15, -0.1) is 0 Å². The van der Waals surface area contributed by atoms with E-state index >= 15 is 0 Å². The van der Waals surface area contributed by atoms with Crippen molar-refractivity contribution in [1.82, 2.24) is 4.90 Å². The Kier molecular flexibility index (Phi) is 6.07. The van der Waals surface area contributed by atoms with Gasteiger partial charge in [0.2, 0.25) is 5.91 Å². The molecule has 1 saturated heterocycles. The summed E-state index contributed by atoms with van der Waals surface area (Å²) in [5.41, 5.74) is 0. The predicted octanol–water partition coefficient (Wildman–Crippen LogP) is 0.988. The van der Waals surface area contributed by atoms with Crippen molar-refractivity contribution in [1.29, 1.82) is 0 Å². The lowest BCUT2D eigenvalue weighted by Crippen LogP contribution is -2.47. The van der Waals surface area contributed by atoms with Crippen molar-refractivity contribution in [2.45, 2.75) is 43.7 Å². The van der Waals surface area contributed by atoms with Crippen LogP contribution < -0.4 is 0 Å². The number of amides is 1. The van der Waals surface area contributed by atoms with E-state index in [1.807, 2.05) is 0 Å². The zero-order chi connectivity index (χ0) is 15.4. The Morgan fingerprint density at radius 3 is 2.25 bits per heavy atom. The summed E-state index contributed by atoms with van der Waals surface area (Å²) in [5.74, 6) is -1.49. The molecular weight excluding hydrogens is 302 g/mol. The van der Waals surface area contributed by atoms with Crippen LogP contribution in [0.5, 0.6) is 0 Å². The maximum absolute atomic E-state index is 12.2. The largest absolute Gasteiger partial charge is 0.480 e. The summed E-state index contributed by atoms with van der Waals surface area (Å²) in [7, 11) is 0. The number of nitrogens with zero attached hydrogens (tertiary/aromatic N) is 1. The molecule has 1 heterocycles. The molecule has 0 saturated carbocycles. The molecule has 6 nitrogen and oxygen atoms in total. The van der Waals surface area contributed by atoms with E-state index in [1.54, 1.807) is 6.92 Å². The molecule has 0 aromatic carbocycles. The highest BCUT2D eigenvalue weighted by molar-refractivity contribution is 8.14. The van der Waals surface area contributed by atoms with Crippen LogP contribution in [-0.4, -0.2) is 55.2 Å². The molecule has 1 rings (SSSR count). The number of carbonyl (C=O) groups is 4. The molecular formula is C12H17NO5S2. The van der Waals surface area contributed by atoms with Crippen LogP contribution in [0.25, 0.3) is 0 Å². The average molecular weight is 319 g/mol. The molecule has 8 heteroatoms. The SMILES string of the molecule is CC(=O)SC(C)C(=O)N1CCC(SC(C)=O)C1C(=O)O. The van der Waals surface area contributed by atoms with Gasteiger partial charge < -0.3 is 10.0 Å². The van der Waals surface area contributed by atoms with E-state index in [2.05, 4.69) is 0 Å². The third-order valence-corrected chi connectivity index (χ3v) is 4.90. The third-order valence-electron chi connectivity index (χ3n) is 2.89.